The van der Waals surface area contributed by atoms with Gasteiger partial charge in [-0.05, 0) is 42.2 Å². The number of aliphatic hydroxyl groups is 1. The molecule has 1 atom stereocenters. The van der Waals surface area contributed by atoms with Crippen molar-refractivity contribution < 1.29 is 14.7 Å². The van der Waals surface area contributed by atoms with Crippen molar-refractivity contribution in [2.24, 2.45) is 0 Å². The van der Waals surface area contributed by atoms with Gasteiger partial charge in [0.2, 0.25) is 5.13 Å². The number of hydrogen-bond donors (Lipinski definition) is 1. The Bertz CT molecular complexity index is 1510. The average molecular weight is 562 g/mol. The number of ketones is 1. The third kappa shape index (κ3) is 5.25. The maximum atomic E-state index is 13.4. The number of rotatable bonds is 7. The summed E-state index contributed by atoms with van der Waals surface area (Å²) in [6.45, 7) is 4.00. The normalized spacial score (nSPS) is 16.8. The highest BCUT2D eigenvalue weighted by Crippen LogP contribution is 2.44. The summed E-state index contributed by atoms with van der Waals surface area (Å²) in [5.41, 5.74) is 4.44. The maximum Gasteiger partial charge on any atom is 0.301 e. The van der Waals surface area contributed by atoms with Gasteiger partial charge in [0, 0.05) is 16.3 Å². The number of carbonyl (C=O) groups excluding carboxylic acids is 2. The van der Waals surface area contributed by atoms with Gasteiger partial charge < -0.3 is 5.11 Å². The summed E-state index contributed by atoms with van der Waals surface area (Å²) in [7, 11) is 0. The minimum Gasteiger partial charge on any atom is -0.507 e. The predicted octanol–water partition coefficient (Wildman–Crippen LogP) is 6.98. The first-order chi connectivity index (χ1) is 18.4. The monoisotopic (exact) mass is 561 g/mol. The third-order valence-corrected chi connectivity index (χ3v) is 8.73. The highest BCUT2D eigenvalue weighted by atomic mass is 35.5. The molecular formula is C29H24ClN3O3S2. The van der Waals surface area contributed by atoms with Crippen LogP contribution in [-0.4, -0.2) is 27.0 Å². The van der Waals surface area contributed by atoms with E-state index in [4.69, 9.17) is 11.6 Å². The van der Waals surface area contributed by atoms with E-state index >= 15 is 0 Å². The number of amides is 1. The van der Waals surface area contributed by atoms with Crippen LogP contribution >= 0.6 is 34.7 Å². The van der Waals surface area contributed by atoms with Gasteiger partial charge in [0.1, 0.15) is 5.76 Å². The highest BCUT2D eigenvalue weighted by molar-refractivity contribution is 8.00. The van der Waals surface area contributed by atoms with Crippen LogP contribution in [0.3, 0.4) is 0 Å². The zero-order valence-electron chi connectivity index (χ0n) is 20.7. The Morgan fingerprint density at radius 3 is 2.29 bits per heavy atom. The quantitative estimate of drug-likeness (QED) is 0.0861. The molecule has 6 nitrogen and oxygen atoms in total. The number of Topliss-reactive ketones (excluding diaryl/α,β-unsaturated/α-hetero) is 1. The topological polar surface area (TPSA) is 83.4 Å². The molecule has 9 heteroatoms. The van der Waals surface area contributed by atoms with E-state index in [1.807, 2.05) is 67.6 Å². The van der Waals surface area contributed by atoms with E-state index in [9.17, 15) is 14.7 Å². The lowest BCUT2D eigenvalue weighted by atomic mass is 9.94. The van der Waals surface area contributed by atoms with E-state index in [2.05, 4.69) is 17.1 Å². The largest absolute Gasteiger partial charge is 0.507 e. The first-order valence-electron chi connectivity index (χ1n) is 12.0. The number of halogens is 1. The molecule has 1 aliphatic heterocycles. The number of carbonyl (C=O) groups is 2. The molecule has 1 N–H and O–H groups in total. The van der Waals surface area contributed by atoms with Gasteiger partial charge in [0.25, 0.3) is 5.78 Å². The summed E-state index contributed by atoms with van der Waals surface area (Å²) in [6, 6.07) is 21.6. The van der Waals surface area contributed by atoms with Crippen molar-refractivity contribution in [1.82, 2.24) is 10.2 Å². The van der Waals surface area contributed by atoms with Gasteiger partial charge in [-0.15, -0.1) is 10.2 Å². The van der Waals surface area contributed by atoms with Crippen LogP contribution in [0, 0.1) is 6.92 Å². The summed E-state index contributed by atoms with van der Waals surface area (Å²) < 4.78 is 0.662. The smallest absolute Gasteiger partial charge is 0.301 e. The summed E-state index contributed by atoms with van der Waals surface area (Å²) in [4.78, 5) is 28.1. The Balaban J connectivity index is 1.53. The number of aryl methyl sites for hydroxylation is 2. The second kappa shape index (κ2) is 11.1. The van der Waals surface area contributed by atoms with E-state index < -0.39 is 17.7 Å². The van der Waals surface area contributed by atoms with Gasteiger partial charge in [0.15, 0.2) is 4.34 Å². The first-order valence-corrected chi connectivity index (χ1v) is 14.2. The second-order valence-electron chi connectivity index (χ2n) is 8.90. The standard InChI is InChI=1S/C29H24ClN3O3S2/c1-3-18-6-12-20(13-7-18)24-23(25(34)21-10-4-17(2)5-11-21)26(35)27(36)33(24)28-31-32-29(38-28)37-16-19-8-14-22(30)15-9-19/h4-15,24,34H,3,16H2,1-2H3/b25-23-. The minimum atomic E-state index is -0.829. The third-order valence-electron chi connectivity index (χ3n) is 6.35. The van der Waals surface area contributed by atoms with Crippen LogP contribution in [-0.2, 0) is 21.8 Å². The highest BCUT2D eigenvalue weighted by Gasteiger charge is 2.48. The molecule has 0 aliphatic carbocycles. The van der Waals surface area contributed by atoms with Gasteiger partial charge in [-0.25, -0.2) is 0 Å². The molecule has 2 heterocycles. The molecule has 1 amide bonds. The molecule has 0 saturated carbocycles. The molecule has 0 radical (unpaired) electrons. The van der Waals surface area contributed by atoms with Crippen LogP contribution < -0.4 is 4.90 Å². The summed E-state index contributed by atoms with van der Waals surface area (Å²) in [5, 5.41) is 20.8. The van der Waals surface area contributed by atoms with Crippen molar-refractivity contribution in [3.05, 3.63) is 111 Å². The fourth-order valence-corrected chi connectivity index (χ4v) is 6.18. The number of aliphatic hydroxyl groups excluding tert-OH is 1. The Kier molecular flexibility index (Phi) is 7.65. The number of nitrogens with zero attached hydrogens (tertiary/aromatic N) is 3. The molecule has 192 valence electrons. The van der Waals surface area contributed by atoms with Crippen LogP contribution in [0.2, 0.25) is 5.02 Å². The van der Waals surface area contributed by atoms with E-state index in [1.165, 1.54) is 28.0 Å². The van der Waals surface area contributed by atoms with Crippen molar-refractivity contribution >= 4 is 57.3 Å². The van der Waals surface area contributed by atoms with Crippen LogP contribution in [0.25, 0.3) is 5.76 Å². The molecule has 1 saturated heterocycles. The Morgan fingerprint density at radius 1 is 0.974 bits per heavy atom. The van der Waals surface area contributed by atoms with Gasteiger partial charge in [-0.3, -0.25) is 14.5 Å². The summed E-state index contributed by atoms with van der Waals surface area (Å²) >= 11 is 8.70. The second-order valence-corrected chi connectivity index (χ2v) is 11.5. The number of anilines is 1. The predicted molar refractivity (Wildman–Crippen MR) is 153 cm³/mol. The van der Waals surface area contributed by atoms with Crippen LogP contribution in [0.1, 0.15) is 40.8 Å². The zero-order chi connectivity index (χ0) is 26.8. The fourth-order valence-electron chi connectivity index (χ4n) is 4.23. The summed E-state index contributed by atoms with van der Waals surface area (Å²) in [5.74, 6) is -1.05. The van der Waals surface area contributed by atoms with E-state index in [1.54, 1.807) is 12.1 Å². The van der Waals surface area contributed by atoms with E-state index in [-0.39, 0.29) is 11.3 Å². The van der Waals surface area contributed by atoms with Crippen molar-refractivity contribution in [3.8, 4) is 0 Å². The molecule has 1 aliphatic rings. The molecule has 0 bridgehead atoms. The molecule has 3 aromatic carbocycles. The van der Waals surface area contributed by atoms with E-state index in [0.29, 0.717) is 31.4 Å². The lowest BCUT2D eigenvalue weighted by Crippen LogP contribution is -2.29. The SMILES string of the molecule is CCc1ccc(C2/C(=C(/O)c3ccc(C)cc3)C(=O)C(=O)N2c2nnc(SCc3ccc(Cl)cc3)s2)cc1. The molecule has 0 spiro atoms. The number of benzene rings is 3. The Labute approximate surface area is 234 Å². The Hall–Kier alpha value is -3.46. The molecule has 1 aromatic heterocycles. The number of thioether (sulfide) groups is 1. The Morgan fingerprint density at radius 2 is 1.63 bits per heavy atom. The molecule has 5 rings (SSSR count). The van der Waals surface area contributed by atoms with Crippen molar-refractivity contribution in [2.45, 2.75) is 36.4 Å². The van der Waals surface area contributed by atoms with Gasteiger partial charge in [-0.1, -0.05) is 108 Å². The molecule has 1 unspecified atom stereocenters. The van der Waals surface area contributed by atoms with E-state index in [0.717, 1.165) is 23.1 Å². The van der Waals surface area contributed by atoms with Gasteiger partial charge in [-0.2, -0.15) is 0 Å². The molecule has 4 aromatic rings. The average Bonchev–Trinajstić information content (AvgIpc) is 3.50. The van der Waals surface area contributed by atoms with Crippen LogP contribution in [0.5, 0.6) is 0 Å². The van der Waals surface area contributed by atoms with Crippen molar-refractivity contribution in [2.75, 3.05) is 4.90 Å². The van der Waals surface area contributed by atoms with Gasteiger partial charge in [0.05, 0.1) is 11.6 Å². The lowest BCUT2D eigenvalue weighted by Gasteiger charge is -2.22. The lowest BCUT2D eigenvalue weighted by molar-refractivity contribution is -0.132. The van der Waals surface area contributed by atoms with Crippen LogP contribution in [0.15, 0.2) is 82.7 Å². The molecule has 1 fully saturated rings. The van der Waals surface area contributed by atoms with Gasteiger partial charge >= 0.3 is 5.91 Å². The molecule has 38 heavy (non-hydrogen) atoms. The minimum absolute atomic E-state index is 0.0358. The van der Waals surface area contributed by atoms with Crippen molar-refractivity contribution in [1.29, 1.82) is 0 Å². The molecular weight excluding hydrogens is 538 g/mol. The maximum absolute atomic E-state index is 13.4. The van der Waals surface area contributed by atoms with Crippen LogP contribution in [0.4, 0.5) is 5.13 Å². The number of hydrogen-bond acceptors (Lipinski definition) is 7. The van der Waals surface area contributed by atoms with Crippen molar-refractivity contribution in [3.63, 3.8) is 0 Å². The fraction of sp³-hybridized carbons (Fsp3) is 0.172. The number of aromatic nitrogens is 2. The summed E-state index contributed by atoms with van der Waals surface area (Å²) in [6.07, 6.45) is 0.856. The first kappa shape index (κ1) is 26.2. The zero-order valence-corrected chi connectivity index (χ0v) is 23.1.